The lowest BCUT2D eigenvalue weighted by Gasteiger charge is -2.17. The van der Waals surface area contributed by atoms with Crippen LogP contribution in [0.5, 0.6) is 0 Å². The van der Waals surface area contributed by atoms with Crippen LogP contribution in [-0.4, -0.2) is 20.9 Å². The van der Waals surface area contributed by atoms with E-state index in [1.165, 1.54) is 0 Å². The molecule has 7 heteroatoms. The van der Waals surface area contributed by atoms with Gasteiger partial charge >= 0.3 is 0 Å². The highest BCUT2D eigenvalue weighted by molar-refractivity contribution is 6.34. The molecule has 1 aliphatic rings. The van der Waals surface area contributed by atoms with Crippen molar-refractivity contribution in [2.24, 2.45) is 0 Å². The highest BCUT2D eigenvalue weighted by atomic mass is 16.2. The summed E-state index contributed by atoms with van der Waals surface area (Å²) >= 11 is 0. The Labute approximate surface area is 267 Å². The quantitative estimate of drug-likeness (QED) is 0.189. The third-order valence-corrected chi connectivity index (χ3v) is 9.12. The Morgan fingerprint density at radius 1 is 0.511 bits per heavy atom. The van der Waals surface area contributed by atoms with E-state index in [0.717, 1.165) is 54.2 Å². The van der Waals surface area contributed by atoms with Gasteiger partial charge in [-0.2, -0.15) is 10.5 Å². The predicted molar refractivity (Wildman–Crippen MR) is 182 cm³/mol. The molecule has 2 amide bonds. The molecule has 0 atom stereocenters. The number of benzene rings is 6. The molecular formula is C40H21N5O2. The fourth-order valence-corrected chi connectivity index (χ4v) is 7.09. The highest BCUT2D eigenvalue weighted by Gasteiger charge is 2.36. The van der Waals surface area contributed by atoms with Crippen LogP contribution in [0.15, 0.2) is 127 Å². The van der Waals surface area contributed by atoms with Crippen molar-refractivity contribution in [1.82, 2.24) is 9.13 Å². The van der Waals surface area contributed by atoms with Crippen LogP contribution < -0.4 is 4.90 Å². The van der Waals surface area contributed by atoms with Gasteiger partial charge < -0.3 is 9.13 Å². The van der Waals surface area contributed by atoms with Crippen molar-refractivity contribution in [3.63, 3.8) is 0 Å². The number of hydrogen-bond donors (Lipinski definition) is 0. The molecule has 218 valence electrons. The molecule has 0 spiro atoms. The van der Waals surface area contributed by atoms with Gasteiger partial charge in [-0.1, -0.05) is 54.6 Å². The van der Waals surface area contributed by atoms with Crippen LogP contribution >= 0.6 is 0 Å². The average Bonchev–Trinajstić information content (AvgIpc) is 3.73. The average molecular weight is 604 g/mol. The molecule has 0 saturated heterocycles. The number of anilines is 1. The number of carbonyl (C=O) groups is 2. The number of nitrogens with zero attached hydrogens (tertiary/aromatic N) is 5. The van der Waals surface area contributed by atoms with Crippen LogP contribution in [0, 0.1) is 22.7 Å². The zero-order valence-corrected chi connectivity index (χ0v) is 24.7. The second-order valence-corrected chi connectivity index (χ2v) is 11.5. The predicted octanol–water partition coefficient (Wildman–Crippen LogP) is 8.42. The number of rotatable bonds is 3. The lowest BCUT2D eigenvalue weighted by molar-refractivity contribution is 0.0926. The van der Waals surface area contributed by atoms with Gasteiger partial charge in [-0.15, -0.1) is 0 Å². The van der Waals surface area contributed by atoms with E-state index in [1.54, 1.807) is 36.4 Å². The van der Waals surface area contributed by atoms with Gasteiger partial charge in [0, 0.05) is 27.2 Å². The summed E-state index contributed by atoms with van der Waals surface area (Å²) in [5, 5.41) is 24.1. The third-order valence-electron chi connectivity index (χ3n) is 9.12. The highest BCUT2D eigenvalue weighted by Crippen LogP contribution is 2.43. The normalized spacial score (nSPS) is 12.7. The lowest BCUT2D eigenvalue weighted by atomic mass is 10.1. The van der Waals surface area contributed by atoms with Gasteiger partial charge in [-0.3, -0.25) is 9.59 Å². The Bertz CT molecular complexity index is 2720. The number of nitriles is 2. The van der Waals surface area contributed by atoms with Crippen molar-refractivity contribution in [3.05, 3.63) is 150 Å². The molecule has 7 nitrogen and oxygen atoms in total. The van der Waals surface area contributed by atoms with Gasteiger partial charge in [0.25, 0.3) is 11.8 Å². The summed E-state index contributed by atoms with van der Waals surface area (Å²) in [5.41, 5.74) is 7.40. The molecule has 0 unspecified atom stereocenters. The molecule has 0 saturated carbocycles. The van der Waals surface area contributed by atoms with Gasteiger partial charge in [0.05, 0.1) is 61.8 Å². The second kappa shape index (κ2) is 9.77. The molecule has 6 aromatic carbocycles. The number of carbonyl (C=O) groups excluding carboxylic acids is 2. The maximum absolute atomic E-state index is 13.3. The van der Waals surface area contributed by atoms with Crippen LogP contribution in [0.3, 0.4) is 0 Å². The van der Waals surface area contributed by atoms with Gasteiger partial charge in [0.1, 0.15) is 6.07 Å². The summed E-state index contributed by atoms with van der Waals surface area (Å²) in [6.07, 6.45) is 0. The van der Waals surface area contributed by atoms with E-state index < -0.39 is 11.8 Å². The van der Waals surface area contributed by atoms with E-state index in [1.807, 2.05) is 60.7 Å². The molecule has 8 aromatic rings. The molecular weight excluding hydrogens is 582 g/mol. The Morgan fingerprint density at radius 3 is 1.81 bits per heavy atom. The first-order valence-corrected chi connectivity index (χ1v) is 15.1. The van der Waals surface area contributed by atoms with Gasteiger partial charge in [0.2, 0.25) is 0 Å². The van der Waals surface area contributed by atoms with Crippen LogP contribution in [0.25, 0.3) is 55.0 Å². The summed E-state index contributed by atoms with van der Waals surface area (Å²) < 4.78 is 4.32. The fourth-order valence-electron chi connectivity index (χ4n) is 7.09. The SMILES string of the molecule is N#Cc1ccc(-n2c3ccccc3c3c2ccc2c4ccccc4n(-c4ccc(N5C(=O)c6ccccc6C5=O)cc4C#N)c23)cc1. The standard InChI is InChI=1S/C40H21N5O2/c41-22-24-13-15-26(16-14-24)43-35-12-6-4-10-32(35)37-36(43)20-18-29-28-7-3-5-11-34(28)45(38(29)37)33-19-17-27(21-25(33)23-42)44-39(46)30-8-1-2-9-31(30)40(44)47/h1-21H. The van der Waals surface area contributed by atoms with Crippen molar-refractivity contribution in [2.75, 3.05) is 4.90 Å². The number of imide groups is 1. The van der Waals surface area contributed by atoms with E-state index in [4.69, 9.17) is 0 Å². The smallest absolute Gasteiger partial charge is 0.266 e. The van der Waals surface area contributed by atoms with Gasteiger partial charge in [-0.05, 0) is 72.8 Å². The lowest BCUT2D eigenvalue weighted by Crippen LogP contribution is -2.29. The Kier molecular flexibility index (Phi) is 5.50. The maximum Gasteiger partial charge on any atom is 0.266 e. The van der Waals surface area contributed by atoms with E-state index in [2.05, 4.69) is 51.6 Å². The zero-order chi connectivity index (χ0) is 31.8. The Morgan fingerprint density at radius 2 is 1.13 bits per heavy atom. The summed E-state index contributed by atoms with van der Waals surface area (Å²) in [7, 11) is 0. The van der Waals surface area contributed by atoms with Crippen LogP contribution in [-0.2, 0) is 0 Å². The monoisotopic (exact) mass is 603 g/mol. The molecule has 9 rings (SSSR count). The van der Waals surface area contributed by atoms with Crippen molar-refractivity contribution in [3.8, 4) is 23.5 Å². The first-order valence-electron chi connectivity index (χ1n) is 15.1. The minimum Gasteiger partial charge on any atom is -0.309 e. The first kappa shape index (κ1) is 26.4. The third kappa shape index (κ3) is 3.60. The van der Waals surface area contributed by atoms with Crippen molar-refractivity contribution in [2.45, 2.75) is 0 Å². The molecule has 3 heterocycles. The summed E-state index contributed by atoms with van der Waals surface area (Å²) in [6.45, 7) is 0. The molecule has 0 fully saturated rings. The van der Waals surface area contributed by atoms with E-state index in [9.17, 15) is 20.1 Å². The topological polar surface area (TPSA) is 94.8 Å². The zero-order valence-electron chi connectivity index (χ0n) is 24.7. The molecule has 0 aliphatic carbocycles. The number of amides is 2. The van der Waals surface area contributed by atoms with E-state index in [-0.39, 0.29) is 0 Å². The second-order valence-electron chi connectivity index (χ2n) is 11.5. The minimum atomic E-state index is -0.406. The largest absolute Gasteiger partial charge is 0.309 e. The molecule has 1 aliphatic heterocycles. The first-order chi connectivity index (χ1) is 23.1. The summed E-state index contributed by atoms with van der Waals surface area (Å²) in [5.74, 6) is -0.812. The fraction of sp³-hybridized carbons (Fsp3) is 0. The number of aromatic nitrogens is 2. The van der Waals surface area contributed by atoms with E-state index >= 15 is 0 Å². The van der Waals surface area contributed by atoms with Gasteiger partial charge in [-0.25, -0.2) is 4.90 Å². The molecule has 47 heavy (non-hydrogen) atoms. The number of hydrogen-bond acceptors (Lipinski definition) is 4. The van der Waals surface area contributed by atoms with Crippen LogP contribution in [0.4, 0.5) is 5.69 Å². The Balaban J connectivity index is 1.34. The van der Waals surface area contributed by atoms with Crippen LogP contribution in [0.2, 0.25) is 0 Å². The van der Waals surface area contributed by atoms with E-state index in [0.29, 0.717) is 33.6 Å². The van der Waals surface area contributed by atoms with Gasteiger partial charge in [0.15, 0.2) is 0 Å². The van der Waals surface area contributed by atoms with Crippen LogP contribution in [0.1, 0.15) is 31.8 Å². The Hall–Kier alpha value is -6.96. The molecule has 0 N–H and O–H groups in total. The summed E-state index contributed by atoms with van der Waals surface area (Å²) in [4.78, 5) is 27.7. The maximum atomic E-state index is 13.3. The summed E-state index contributed by atoms with van der Waals surface area (Å²) in [6, 6.07) is 44.6. The molecule has 0 bridgehead atoms. The number of para-hydroxylation sites is 2. The van der Waals surface area contributed by atoms with Crippen molar-refractivity contribution in [1.29, 1.82) is 10.5 Å². The minimum absolute atomic E-state index is 0.328. The molecule has 0 radical (unpaired) electrons. The van der Waals surface area contributed by atoms with Crippen molar-refractivity contribution >= 4 is 61.1 Å². The van der Waals surface area contributed by atoms with Crippen molar-refractivity contribution < 1.29 is 9.59 Å². The number of fused-ring (bicyclic) bond motifs is 8. The molecule has 2 aromatic heterocycles.